The number of hydrogen-bond acceptors (Lipinski definition) is 4. The zero-order chi connectivity index (χ0) is 15.1. The normalized spacial score (nSPS) is 13.4. The molecule has 0 spiro atoms. The first-order valence-corrected chi connectivity index (χ1v) is 7.12. The van der Waals surface area contributed by atoms with Gasteiger partial charge < -0.3 is 4.74 Å². The van der Waals surface area contributed by atoms with Crippen LogP contribution in [0.1, 0.15) is 31.7 Å². The van der Waals surface area contributed by atoms with Crippen molar-refractivity contribution in [1.29, 1.82) is 5.26 Å². The van der Waals surface area contributed by atoms with Gasteiger partial charge in [0.1, 0.15) is 23.8 Å². The fourth-order valence-electron chi connectivity index (χ4n) is 2.46. The van der Waals surface area contributed by atoms with Gasteiger partial charge in [0.05, 0.1) is 19.7 Å². The molecule has 1 aromatic carbocycles. The summed E-state index contributed by atoms with van der Waals surface area (Å²) in [6.45, 7) is 2.62. The van der Waals surface area contributed by atoms with Crippen LogP contribution in [0.25, 0.3) is 0 Å². The van der Waals surface area contributed by atoms with Gasteiger partial charge in [-0.05, 0) is 24.1 Å². The third-order valence-electron chi connectivity index (χ3n) is 3.69. The average Bonchev–Trinajstić information content (AvgIpc) is 3.04. The number of unbranched alkanes of at least 4 members (excludes halogenated alkanes) is 1. The van der Waals surface area contributed by atoms with Crippen LogP contribution in [0.5, 0.6) is 5.75 Å². The lowest BCUT2D eigenvalue weighted by atomic mass is 9.77. The number of nitriles is 1. The van der Waals surface area contributed by atoms with Gasteiger partial charge in [-0.2, -0.15) is 10.4 Å². The first kappa shape index (κ1) is 15.0. The molecule has 0 saturated heterocycles. The second-order valence-corrected chi connectivity index (χ2v) is 5.12. The van der Waals surface area contributed by atoms with E-state index in [0.29, 0.717) is 6.54 Å². The van der Waals surface area contributed by atoms with Gasteiger partial charge in [0.2, 0.25) is 0 Å². The van der Waals surface area contributed by atoms with E-state index in [-0.39, 0.29) is 0 Å². The van der Waals surface area contributed by atoms with Gasteiger partial charge in [0, 0.05) is 0 Å². The molecule has 0 aliphatic rings. The van der Waals surface area contributed by atoms with E-state index in [1.54, 1.807) is 18.1 Å². The van der Waals surface area contributed by atoms with Crippen LogP contribution in [-0.4, -0.2) is 21.9 Å². The van der Waals surface area contributed by atoms with Gasteiger partial charge in [0.15, 0.2) is 0 Å². The van der Waals surface area contributed by atoms with E-state index in [2.05, 4.69) is 23.1 Å². The Labute approximate surface area is 125 Å². The highest BCUT2D eigenvalue weighted by atomic mass is 16.5. The Morgan fingerprint density at radius 3 is 2.90 bits per heavy atom. The maximum Gasteiger partial charge on any atom is 0.137 e. The molecule has 0 bridgehead atoms. The van der Waals surface area contributed by atoms with E-state index in [1.807, 2.05) is 24.3 Å². The summed E-state index contributed by atoms with van der Waals surface area (Å²) in [5.41, 5.74) is 0.353. The largest absolute Gasteiger partial charge is 0.497 e. The van der Waals surface area contributed by atoms with Crippen molar-refractivity contribution in [3.05, 3.63) is 42.5 Å². The van der Waals surface area contributed by atoms with Crippen molar-refractivity contribution >= 4 is 0 Å². The Bertz CT molecular complexity index is 603. The van der Waals surface area contributed by atoms with Gasteiger partial charge in [-0.1, -0.05) is 31.9 Å². The van der Waals surface area contributed by atoms with Crippen LogP contribution in [-0.2, 0) is 12.0 Å². The third-order valence-corrected chi connectivity index (χ3v) is 3.69. The minimum absolute atomic E-state index is 0.497. The average molecular weight is 284 g/mol. The SMILES string of the molecule is CCCCC(C#N)(Cn1cncn1)c1cccc(OC)c1. The number of nitrogens with zero attached hydrogens (tertiary/aromatic N) is 4. The number of rotatable bonds is 7. The van der Waals surface area contributed by atoms with Crippen molar-refractivity contribution in [3.8, 4) is 11.8 Å². The molecule has 1 aromatic heterocycles. The van der Waals surface area contributed by atoms with Crippen LogP contribution in [0.4, 0.5) is 0 Å². The van der Waals surface area contributed by atoms with Crippen molar-refractivity contribution in [2.24, 2.45) is 0 Å². The van der Waals surface area contributed by atoms with E-state index in [4.69, 9.17) is 4.74 Å². The van der Waals surface area contributed by atoms with Gasteiger partial charge >= 0.3 is 0 Å². The van der Waals surface area contributed by atoms with E-state index in [1.165, 1.54) is 6.33 Å². The summed E-state index contributed by atoms with van der Waals surface area (Å²) in [5, 5.41) is 14.0. The summed E-state index contributed by atoms with van der Waals surface area (Å²) in [6, 6.07) is 10.3. The number of ether oxygens (including phenoxy) is 1. The molecule has 0 aliphatic heterocycles. The molecule has 1 unspecified atom stereocenters. The zero-order valence-corrected chi connectivity index (χ0v) is 12.5. The van der Waals surface area contributed by atoms with Crippen LogP contribution in [0.2, 0.25) is 0 Å². The lowest BCUT2D eigenvalue weighted by molar-refractivity contribution is 0.383. The molecule has 110 valence electrons. The second-order valence-electron chi connectivity index (χ2n) is 5.12. The molecule has 0 saturated carbocycles. The van der Waals surface area contributed by atoms with E-state index >= 15 is 0 Å². The molecule has 5 nitrogen and oxygen atoms in total. The Morgan fingerprint density at radius 2 is 2.29 bits per heavy atom. The van der Waals surface area contributed by atoms with Crippen LogP contribution in [0.15, 0.2) is 36.9 Å². The predicted molar refractivity (Wildman–Crippen MR) is 79.8 cm³/mol. The molecule has 0 fully saturated rings. The molecule has 0 amide bonds. The highest BCUT2D eigenvalue weighted by Gasteiger charge is 2.33. The number of methoxy groups -OCH3 is 1. The first-order valence-electron chi connectivity index (χ1n) is 7.12. The lowest BCUT2D eigenvalue weighted by Gasteiger charge is -2.27. The van der Waals surface area contributed by atoms with Gasteiger partial charge in [-0.3, -0.25) is 4.68 Å². The minimum Gasteiger partial charge on any atom is -0.497 e. The highest BCUT2D eigenvalue weighted by molar-refractivity contribution is 5.38. The van der Waals surface area contributed by atoms with Crippen LogP contribution >= 0.6 is 0 Å². The molecule has 1 atom stereocenters. The molecule has 0 N–H and O–H groups in total. The van der Waals surface area contributed by atoms with Crippen molar-refractivity contribution < 1.29 is 4.74 Å². The summed E-state index contributed by atoms with van der Waals surface area (Å²) in [7, 11) is 1.64. The predicted octanol–water partition coefficient (Wildman–Crippen LogP) is 2.94. The molecule has 0 radical (unpaired) electrons. The molecular weight excluding hydrogens is 264 g/mol. The molecule has 2 rings (SSSR count). The number of benzene rings is 1. The topological polar surface area (TPSA) is 63.7 Å². The Morgan fingerprint density at radius 1 is 1.43 bits per heavy atom. The van der Waals surface area contributed by atoms with E-state index in [9.17, 15) is 5.26 Å². The standard InChI is InChI=1S/C16H20N4O/c1-3-4-8-16(10-17,11-20-13-18-12-19-20)14-6-5-7-15(9-14)21-2/h5-7,9,12-13H,3-4,8,11H2,1-2H3. The molecule has 5 heteroatoms. The summed E-state index contributed by atoms with van der Waals surface area (Å²) in [6.07, 6.45) is 5.96. The molecule has 21 heavy (non-hydrogen) atoms. The molecule has 0 aliphatic carbocycles. The van der Waals surface area contributed by atoms with Crippen LogP contribution in [0, 0.1) is 11.3 Å². The Hall–Kier alpha value is -2.35. The van der Waals surface area contributed by atoms with Gasteiger partial charge in [-0.25, -0.2) is 4.98 Å². The van der Waals surface area contributed by atoms with E-state index < -0.39 is 5.41 Å². The Kier molecular flexibility index (Phi) is 4.94. The number of aromatic nitrogens is 3. The Balaban J connectivity index is 2.40. The van der Waals surface area contributed by atoms with Crippen molar-refractivity contribution in [2.75, 3.05) is 7.11 Å². The van der Waals surface area contributed by atoms with Crippen LogP contribution in [0.3, 0.4) is 0 Å². The smallest absolute Gasteiger partial charge is 0.137 e. The quantitative estimate of drug-likeness (QED) is 0.784. The molecular formula is C16H20N4O. The maximum atomic E-state index is 9.87. The van der Waals surface area contributed by atoms with Gasteiger partial charge in [0.25, 0.3) is 0 Å². The number of hydrogen-bond donors (Lipinski definition) is 0. The second kappa shape index (κ2) is 6.89. The van der Waals surface area contributed by atoms with E-state index in [0.717, 1.165) is 30.6 Å². The van der Waals surface area contributed by atoms with Crippen LogP contribution < -0.4 is 4.74 Å². The van der Waals surface area contributed by atoms with Crippen molar-refractivity contribution in [1.82, 2.24) is 14.8 Å². The summed E-state index contributed by atoms with van der Waals surface area (Å²) in [5.74, 6) is 0.766. The molecule has 1 heterocycles. The fourth-order valence-corrected chi connectivity index (χ4v) is 2.46. The first-order chi connectivity index (χ1) is 10.2. The minimum atomic E-state index is -0.613. The summed E-state index contributed by atoms with van der Waals surface area (Å²) in [4.78, 5) is 3.97. The van der Waals surface area contributed by atoms with Crippen molar-refractivity contribution in [2.45, 2.75) is 38.1 Å². The highest BCUT2D eigenvalue weighted by Crippen LogP contribution is 2.33. The monoisotopic (exact) mass is 284 g/mol. The van der Waals surface area contributed by atoms with Crippen molar-refractivity contribution in [3.63, 3.8) is 0 Å². The zero-order valence-electron chi connectivity index (χ0n) is 12.5. The summed E-state index contributed by atoms with van der Waals surface area (Å²) >= 11 is 0. The lowest BCUT2D eigenvalue weighted by Crippen LogP contribution is -2.30. The molecule has 2 aromatic rings. The fraction of sp³-hybridized carbons (Fsp3) is 0.438. The van der Waals surface area contributed by atoms with Gasteiger partial charge in [-0.15, -0.1) is 0 Å². The maximum absolute atomic E-state index is 9.87. The third kappa shape index (κ3) is 3.40. The summed E-state index contributed by atoms with van der Waals surface area (Å²) < 4.78 is 7.01.